The number of hydrogen-bond acceptors (Lipinski definition) is 4. The Morgan fingerprint density at radius 1 is 1.35 bits per heavy atom. The molecule has 2 N–H and O–H groups in total. The van der Waals surface area contributed by atoms with Crippen LogP contribution < -0.4 is 10.6 Å². The standard InChI is InChI=1S/C17H20FN5O3/c18-15-5-2-1-4-13(15)11-23-12-14(10-20-23)21-16(24)19-6-8-22-7-3-9-26-17(22)25/h1-2,4-5,10,12H,3,6-9,11H2,(H2,19,21,24). The fraction of sp³-hybridized carbons (Fsp3) is 0.353. The van der Waals surface area contributed by atoms with Crippen molar-refractivity contribution in [3.8, 4) is 0 Å². The van der Waals surface area contributed by atoms with Gasteiger partial charge in [-0.15, -0.1) is 0 Å². The van der Waals surface area contributed by atoms with Crippen LogP contribution in [0.3, 0.4) is 0 Å². The summed E-state index contributed by atoms with van der Waals surface area (Å²) in [5, 5.41) is 9.43. The van der Waals surface area contributed by atoms with E-state index in [1.807, 2.05) is 0 Å². The number of hydrogen-bond donors (Lipinski definition) is 2. The van der Waals surface area contributed by atoms with Crippen molar-refractivity contribution in [2.24, 2.45) is 0 Å². The van der Waals surface area contributed by atoms with Gasteiger partial charge >= 0.3 is 12.1 Å². The monoisotopic (exact) mass is 361 g/mol. The van der Waals surface area contributed by atoms with Crippen LogP contribution in [0, 0.1) is 5.82 Å². The van der Waals surface area contributed by atoms with Crippen LogP contribution in [-0.2, 0) is 11.3 Å². The molecule has 0 unspecified atom stereocenters. The average Bonchev–Trinajstić information content (AvgIpc) is 3.05. The van der Waals surface area contributed by atoms with E-state index in [9.17, 15) is 14.0 Å². The van der Waals surface area contributed by atoms with Gasteiger partial charge in [0.1, 0.15) is 5.82 Å². The minimum Gasteiger partial charge on any atom is -0.449 e. The second-order valence-corrected chi connectivity index (χ2v) is 5.85. The smallest absolute Gasteiger partial charge is 0.409 e. The van der Waals surface area contributed by atoms with Crippen LogP contribution in [0.1, 0.15) is 12.0 Å². The summed E-state index contributed by atoms with van der Waals surface area (Å²) in [6, 6.07) is 6.06. The van der Waals surface area contributed by atoms with Crippen molar-refractivity contribution in [1.29, 1.82) is 0 Å². The first-order valence-electron chi connectivity index (χ1n) is 8.34. The third-order valence-electron chi connectivity index (χ3n) is 3.90. The molecule has 1 fully saturated rings. The largest absolute Gasteiger partial charge is 0.449 e. The molecule has 26 heavy (non-hydrogen) atoms. The molecule has 0 saturated carbocycles. The van der Waals surface area contributed by atoms with Crippen LogP contribution in [-0.4, -0.2) is 53.0 Å². The first-order chi connectivity index (χ1) is 12.6. The second-order valence-electron chi connectivity index (χ2n) is 5.85. The molecule has 0 spiro atoms. The van der Waals surface area contributed by atoms with Gasteiger partial charge in [-0.3, -0.25) is 4.68 Å². The van der Waals surface area contributed by atoms with Gasteiger partial charge in [-0.1, -0.05) is 18.2 Å². The van der Waals surface area contributed by atoms with E-state index in [1.165, 1.54) is 16.9 Å². The first kappa shape index (κ1) is 17.7. The second kappa shape index (κ2) is 8.32. The lowest BCUT2D eigenvalue weighted by Gasteiger charge is -2.26. The number of urea groups is 1. The van der Waals surface area contributed by atoms with Gasteiger partial charge in [-0.2, -0.15) is 5.10 Å². The molecule has 3 rings (SSSR count). The Bertz CT molecular complexity index is 779. The fourth-order valence-corrected chi connectivity index (χ4v) is 2.60. The molecule has 1 saturated heterocycles. The van der Waals surface area contributed by atoms with E-state index in [0.717, 1.165) is 6.42 Å². The summed E-state index contributed by atoms with van der Waals surface area (Å²) in [4.78, 5) is 24.9. The highest BCUT2D eigenvalue weighted by Crippen LogP contribution is 2.11. The maximum Gasteiger partial charge on any atom is 0.409 e. The Morgan fingerprint density at radius 2 is 2.19 bits per heavy atom. The summed E-state index contributed by atoms with van der Waals surface area (Å²) in [5.41, 5.74) is 1.01. The quantitative estimate of drug-likeness (QED) is 0.824. The molecule has 3 amide bonds. The normalized spacial score (nSPS) is 14.0. The van der Waals surface area contributed by atoms with E-state index < -0.39 is 6.03 Å². The number of aromatic nitrogens is 2. The van der Waals surface area contributed by atoms with Gasteiger partial charge in [0.2, 0.25) is 0 Å². The number of ether oxygens (including phenoxy) is 1. The molecule has 0 radical (unpaired) electrons. The van der Waals surface area contributed by atoms with Crippen LogP contribution in [0.25, 0.3) is 0 Å². The lowest BCUT2D eigenvalue weighted by Crippen LogP contribution is -2.43. The number of benzene rings is 1. The molecule has 0 atom stereocenters. The summed E-state index contributed by atoms with van der Waals surface area (Å²) in [6.07, 6.45) is 3.54. The van der Waals surface area contributed by atoms with Crippen molar-refractivity contribution >= 4 is 17.8 Å². The molecular formula is C17H20FN5O3. The Hall–Kier alpha value is -3.10. The van der Waals surface area contributed by atoms with Crippen LogP contribution >= 0.6 is 0 Å². The molecule has 138 valence electrons. The van der Waals surface area contributed by atoms with E-state index in [1.54, 1.807) is 29.3 Å². The first-order valence-corrected chi connectivity index (χ1v) is 8.34. The number of nitrogens with one attached hydrogen (secondary N) is 2. The highest BCUT2D eigenvalue weighted by Gasteiger charge is 2.18. The maximum atomic E-state index is 13.7. The minimum absolute atomic E-state index is 0.271. The van der Waals surface area contributed by atoms with Crippen molar-refractivity contribution in [2.45, 2.75) is 13.0 Å². The average molecular weight is 361 g/mol. The Kier molecular flexibility index (Phi) is 5.67. The predicted octanol–water partition coefficient (Wildman–Crippen LogP) is 2.03. The maximum absolute atomic E-state index is 13.7. The molecule has 0 bridgehead atoms. The van der Waals surface area contributed by atoms with Gasteiger partial charge in [0.05, 0.1) is 25.0 Å². The SMILES string of the molecule is O=C(NCCN1CCCOC1=O)Nc1cnn(Cc2ccccc2F)c1. The van der Waals surface area contributed by atoms with E-state index in [4.69, 9.17) is 4.74 Å². The molecule has 1 aromatic carbocycles. The molecule has 0 aliphatic carbocycles. The number of rotatable bonds is 6. The molecular weight excluding hydrogens is 341 g/mol. The van der Waals surface area contributed by atoms with Gasteiger partial charge in [-0.05, 0) is 12.5 Å². The number of nitrogens with zero attached hydrogens (tertiary/aromatic N) is 3. The van der Waals surface area contributed by atoms with Crippen molar-refractivity contribution in [1.82, 2.24) is 20.0 Å². The highest BCUT2D eigenvalue weighted by atomic mass is 19.1. The van der Waals surface area contributed by atoms with Crippen LogP contribution in [0.15, 0.2) is 36.7 Å². The summed E-state index contributed by atoms with van der Waals surface area (Å²) in [6.45, 7) is 2.04. The van der Waals surface area contributed by atoms with Gasteiger partial charge < -0.3 is 20.3 Å². The van der Waals surface area contributed by atoms with E-state index in [2.05, 4.69) is 15.7 Å². The number of anilines is 1. The zero-order valence-corrected chi connectivity index (χ0v) is 14.2. The van der Waals surface area contributed by atoms with Gasteiger partial charge in [0.15, 0.2) is 0 Å². The molecule has 9 heteroatoms. The molecule has 1 aromatic heterocycles. The number of carbonyl (C=O) groups is 2. The third-order valence-corrected chi connectivity index (χ3v) is 3.90. The number of carbonyl (C=O) groups excluding carboxylic acids is 2. The summed E-state index contributed by atoms with van der Waals surface area (Å²) in [7, 11) is 0. The van der Waals surface area contributed by atoms with E-state index in [-0.39, 0.29) is 18.5 Å². The zero-order chi connectivity index (χ0) is 18.4. The molecule has 2 aromatic rings. The number of amides is 3. The van der Waals surface area contributed by atoms with Gasteiger partial charge in [0.25, 0.3) is 0 Å². The lowest BCUT2D eigenvalue weighted by molar-refractivity contribution is 0.0736. The Balaban J connectivity index is 1.44. The Labute approximate surface area is 149 Å². The zero-order valence-electron chi connectivity index (χ0n) is 14.2. The predicted molar refractivity (Wildman–Crippen MR) is 92.3 cm³/mol. The highest BCUT2D eigenvalue weighted by molar-refractivity contribution is 5.88. The summed E-state index contributed by atoms with van der Waals surface area (Å²) >= 11 is 0. The van der Waals surface area contributed by atoms with Gasteiger partial charge in [-0.25, -0.2) is 14.0 Å². The summed E-state index contributed by atoms with van der Waals surface area (Å²) < 4.78 is 20.1. The van der Waals surface area contributed by atoms with Crippen LogP contribution in [0.4, 0.5) is 19.7 Å². The van der Waals surface area contributed by atoms with E-state index in [0.29, 0.717) is 37.5 Å². The molecule has 8 nitrogen and oxygen atoms in total. The van der Waals surface area contributed by atoms with Crippen molar-refractivity contribution in [3.05, 3.63) is 48.0 Å². The van der Waals surface area contributed by atoms with Crippen molar-refractivity contribution in [3.63, 3.8) is 0 Å². The van der Waals surface area contributed by atoms with Gasteiger partial charge in [0, 0.05) is 31.4 Å². The van der Waals surface area contributed by atoms with Crippen LogP contribution in [0.5, 0.6) is 0 Å². The van der Waals surface area contributed by atoms with Crippen molar-refractivity contribution < 1.29 is 18.7 Å². The topological polar surface area (TPSA) is 88.5 Å². The molecule has 2 heterocycles. The third kappa shape index (κ3) is 4.71. The molecule has 1 aliphatic rings. The fourth-order valence-electron chi connectivity index (χ4n) is 2.60. The number of halogens is 1. The Morgan fingerprint density at radius 3 is 3.00 bits per heavy atom. The minimum atomic E-state index is -0.402. The summed E-state index contributed by atoms with van der Waals surface area (Å²) in [5.74, 6) is -0.300. The number of cyclic esters (lactones) is 1. The van der Waals surface area contributed by atoms with Crippen molar-refractivity contribution in [2.75, 3.05) is 31.6 Å². The lowest BCUT2D eigenvalue weighted by atomic mass is 10.2. The van der Waals surface area contributed by atoms with E-state index >= 15 is 0 Å². The van der Waals surface area contributed by atoms with Crippen LogP contribution in [0.2, 0.25) is 0 Å². The molecule has 1 aliphatic heterocycles.